The Balaban J connectivity index is 0.000000184. The summed E-state index contributed by atoms with van der Waals surface area (Å²) in [4.78, 5) is 82.5. The van der Waals surface area contributed by atoms with Crippen LogP contribution in [0.2, 0.25) is 0 Å². The largest absolute Gasteiger partial charge is 0.456 e. The number of morpholine rings is 1. The van der Waals surface area contributed by atoms with Gasteiger partial charge >= 0.3 is 12.1 Å². The number of aromatic nitrogens is 8. The van der Waals surface area contributed by atoms with E-state index in [9.17, 15) is 19.2 Å². The average molecular weight is 1010 g/mol. The number of piperazine rings is 1. The van der Waals surface area contributed by atoms with Crippen LogP contribution in [0.4, 0.5) is 44.5 Å². The number of urea groups is 2. The van der Waals surface area contributed by atoms with Gasteiger partial charge < -0.3 is 39.5 Å². The number of nitrogens with one attached hydrogen (secondary N) is 4. The van der Waals surface area contributed by atoms with Crippen LogP contribution in [0.15, 0.2) is 156 Å². The number of carbonyl (C=O) groups is 2. The minimum absolute atomic E-state index is 0.186. The Kier molecular flexibility index (Phi) is 16.0. The van der Waals surface area contributed by atoms with Crippen molar-refractivity contribution in [3.05, 3.63) is 167 Å². The lowest BCUT2D eigenvalue weighted by atomic mass is 10.2. The number of likely N-dealkylation sites (N-methyl/N-ethyl adjacent to an activating group) is 1. The van der Waals surface area contributed by atoms with E-state index in [0.717, 1.165) is 24.5 Å². The highest BCUT2D eigenvalue weighted by Gasteiger charge is 2.21. The van der Waals surface area contributed by atoms with Crippen LogP contribution in [-0.4, -0.2) is 125 Å². The molecular weight excluding hydrogens is 959 g/mol. The minimum Gasteiger partial charge on any atom is -0.456 e. The zero-order valence-corrected chi connectivity index (χ0v) is 41.3. The third-order valence-corrected chi connectivity index (χ3v) is 11.9. The molecule has 4 amide bonds. The second-order valence-corrected chi connectivity index (χ2v) is 17.2. The molecule has 0 saturated carbocycles. The van der Waals surface area contributed by atoms with Crippen LogP contribution in [0.25, 0.3) is 22.5 Å². The molecule has 22 nitrogen and oxygen atoms in total. The van der Waals surface area contributed by atoms with Crippen molar-refractivity contribution in [1.82, 2.24) is 53.7 Å². The zero-order chi connectivity index (χ0) is 52.1. The SMILES string of the molecule is CN1CCN(C(=O)Nc2cc(Oc3ccc(-c4cnc(Nc5ccccc5)n(C)c4=O)nc3)ccn2)CC1.Cn1c(Nc2ccccc2)ncc(-c2ccc(Oc3ccnc(NC(=O)N4CCOCC4)c3)cn2)c1=O. The van der Waals surface area contributed by atoms with E-state index < -0.39 is 0 Å². The number of pyridine rings is 4. The molecule has 0 radical (unpaired) electrons. The van der Waals surface area contributed by atoms with E-state index in [2.05, 4.69) is 56.1 Å². The predicted molar refractivity (Wildman–Crippen MR) is 283 cm³/mol. The Morgan fingerprint density at radius 3 is 1.36 bits per heavy atom. The quantitative estimate of drug-likeness (QED) is 0.0947. The van der Waals surface area contributed by atoms with E-state index in [1.165, 1.54) is 33.9 Å². The molecule has 0 unspecified atom stereocenters. The first kappa shape index (κ1) is 50.4. The Morgan fingerprint density at radius 1 is 0.493 bits per heavy atom. The molecule has 2 fully saturated rings. The molecule has 382 valence electrons. The summed E-state index contributed by atoms with van der Waals surface area (Å²) in [5.41, 5.74) is 2.89. The fourth-order valence-electron chi connectivity index (χ4n) is 7.68. The zero-order valence-electron chi connectivity index (χ0n) is 41.3. The van der Waals surface area contributed by atoms with Crippen LogP contribution >= 0.6 is 0 Å². The van der Waals surface area contributed by atoms with E-state index in [0.29, 0.717) is 108 Å². The number of hydrogen-bond donors (Lipinski definition) is 4. The summed E-state index contributed by atoms with van der Waals surface area (Å²) in [5, 5.41) is 11.9. The van der Waals surface area contributed by atoms with Crippen molar-refractivity contribution in [3.63, 3.8) is 0 Å². The Hall–Kier alpha value is -9.54. The van der Waals surface area contributed by atoms with Crippen molar-refractivity contribution >= 4 is 47.0 Å². The molecule has 2 aromatic carbocycles. The van der Waals surface area contributed by atoms with Crippen molar-refractivity contribution in [2.75, 3.05) is 80.8 Å². The molecule has 0 spiro atoms. The van der Waals surface area contributed by atoms with Gasteiger partial charge in [0.05, 0.1) is 48.1 Å². The van der Waals surface area contributed by atoms with Crippen molar-refractivity contribution in [1.29, 1.82) is 0 Å². The highest BCUT2D eigenvalue weighted by Crippen LogP contribution is 2.27. The number of anilines is 6. The van der Waals surface area contributed by atoms with Crippen molar-refractivity contribution < 1.29 is 23.8 Å². The number of amides is 4. The molecule has 22 heteroatoms. The summed E-state index contributed by atoms with van der Waals surface area (Å²) in [6.45, 7) is 5.11. The summed E-state index contributed by atoms with van der Waals surface area (Å²) in [7, 11) is 5.35. The standard InChI is InChI=1S/C27H28N8O3.C26H25N7O4/c1-33-12-14-35(15-13-33)27(37)32-24-16-20(10-11-28-24)38-21-8-9-23(29-17-21)22-18-30-26(34(2)25(22)36)31-19-6-4-3-5-7-19;1-32-24(34)21(17-29-25(32)30-18-5-3-2-4-6-18)22-8-7-20(16-28-22)37-19-9-10-27-23(15-19)31-26(35)33-11-13-36-14-12-33/h3-11,16-18H,12-15H2,1-2H3,(H,30,31)(H,28,32,37);2-10,15-17H,11-14H2,1H3,(H,29,30)(H,27,31,35). The van der Waals surface area contributed by atoms with Crippen LogP contribution < -0.4 is 41.9 Å². The van der Waals surface area contributed by atoms with Gasteiger partial charge in [0.2, 0.25) is 11.9 Å². The summed E-state index contributed by atoms with van der Waals surface area (Å²) in [6, 6.07) is 32.1. The van der Waals surface area contributed by atoms with E-state index in [-0.39, 0.29) is 23.2 Å². The molecule has 2 saturated heterocycles. The Bertz CT molecular complexity index is 3350. The number of benzene rings is 2. The monoisotopic (exact) mass is 1010 g/mol. The number of para-hydroxylation sites is 2. The minimum atomic E-state index is -0.237. The lowest BCUT2D eigenvalue weighted by Gasteiger charge is -2.32. The molecule has 6 aromatic heterocycles. The maximum atomic E-state index is 13.0. The van der Waals surface area contributed by atoms with Gasteiger partial charge in [-0.25, -0.2) is 29.5 Å². The molecule has 2 aliphatic heterocycles. The second-order valence-electron chi connectivity index (χ2n) is 17.2. The summed E-state index contributed by atoms with van der Waals surface area (Å²) in [6.07, 6.45) is 9.19. The van der Waals surface area contributed by atoms with Gasteiger partial charge in [0.15, 0.2) is 0 Å². The lowest BCUT2D eigenvalue weighted by Crippen LogP contribution is -2.48. The summed E-state index contributed by atoms with van der Waals surface area (Å²) in [5.74, 6) is 3.54. The number of rotatable bonds is 12. The number of carbonyl (C=O) groups excluding carboxylic acids is 2. The normalized spacial score (nSPS) is 13.4. The van der Waals surface area contributed by atoms with Crippen LogP contribution in [0.1, 0.15) is 0 Å². The topological polar surface area (TPSA) is 241 Å². The summed E-state index contributed by atoms with van der Waals surface area (Å²) < 4.78 is 20.0. The highest BCUT2D eigenvalue weighted by atomic mass is 16.5. The van der Waals surface area contributed by atoms with E-state index >= 15 is 0 Å². The molecular formula is C53H53N15O7. The van der Waals surface area contributed by atoms with Gasteiger partial charge in [0.1, 0.15) is 34.6 Å². The van der Waals surface area contributed by atoms with Crippen molar-refractivity contribution in [2.45, 2.75) is 0 Å². The molecule has 8 aromatic rings. The first-order chi connectivity index (χ1) is 36.5. The number of ether oxygens (including phenoxy) is 3. The van der Waals surface area contributed by atoms with Gasteiger partial charge in [-0.15, -0.1) is 0 Å². The molecule has 75 heavy (non-hydrogen) atoms. The van der Waals surface area contributed by atoms with Gasteiger partial charge in [-0.2, -0.15) is 0 Å². The molecule has 4 N–H and O–H groups in total. The van der Waals surface area contributed by atoms with E-state index in [4.69, 9.17) is 14.2 Å². The average Bonchev–Trinajstić information content (AvgIpc) is 3.43. The maximum Gasteiger partial charge on any atom is 0.323 e. The number of hydrogen-bond acceptors (Lipinski definition) is 16. The van der Waals surface area contributed by atoms with Gasteiger partial charge in [-0.1, -0.05) is 36.4 Å². The Labute approximate surface area is 430 Å². The van der Waals surface area contributed by atoms with Crippen LogP contribution in [0.5, 0.6) is 23.0 Å². The smallest absolute Gasteiger partial charge is 0.323 e. The predicted octanol–water partition coefficient (Wildman–Crippen LogP) is 7.19. The molecule has 10 rings (SSSR count). The van der Waals surface area contributed by atoms with E-state index in [1.807, 2.05) is 67.7 Å². The number of nitrogens with zero attached hydrogens (tertiary/aromatic N) is 11. The van der Waals surface area contributed by atoms with Gasteiger partial charge in [-0.05, 0) is 67.7 Å². The molecule has 0 bridgehead atoms. The van der Waals surface area contributed by atoms with Crippen molar-refractivity contribution in [3.8, 4) is 45.5 Å². The third kappa shape index (κ3) is 13.1. The first-order valence-electron chi connectivity index (χ1n) is 23.9. The lowest BCUT2D eigenvalue weighted by molar-refractivity contribution is 0.0564. The fourth-order valence-corrected chi connectivity index (χ4v) is 7.68. The van der Waals surface area contributed by atoms with Crippen molar-refractivity contribution in [2.24, 2.45) is 14.1 Å². The van der Waals surface area contributed by atoms with E-state index in [1.54, 1.807) is 84.8 Å². The molecule has 8 heterocycles. The Morgan fingerprint density at radius 2 is 0.933 bits per heavy atom. The molecule has 0 aliphatic carbocycles. The second kappa shape index (κ2) is 23.8. The highest BCUT2D eigenvalue weighted by molar-refractivity contribution is 5.89. The first-order valence-corrected chi connectivity index (χ1v) is 23.9. The van der Waals surface area contributed by atoms with Gasteiger partial charge in [-0.3, -0.25) is 39.3 Å². The van der Waals surface area contributed by atoms with Crippen LogP contribution in [0.3, 0.4) is 0 Å². The molecule has 2 aliphatic rings. The van der Waals surface area contributed by atoms with Crippen LogP contribution in [0, 0.1) is 0 Å². The molecule has 0 atom stereocenters. The maximum absolute atomic E-state index is 13.0. The third-order valence-electron chi connectivity index (χ3n) is 11.9. The fraction of sp³-hybridized carbons (Fsp3) is 0.208. The summed E-state index contributed by atoms with van der Waals surface area (Å²) >= 11 is 0. The van der Waals surface area contributed by atoms with Gasteiger partial charge in [0.25, 0.3) is 11.1 Å². The van der Waals surface area contributed by atoms with Gasteiger partial charge in [0, 0.05) is 102 Å². The van der Waals surface area contributed by atoms with Crippen LogP contribution in [-0.2, 0) is 18.8 Å².